The van der Waals surface area contributed by atoms with Gasteiger partial charge in [0.15, 0.2) is 0 Å². The van der Waals surface area contributed by atoms with Gasteiger partial charge in [0.25, 0.3) is 0 Å². The summed E-state index contributed by atoms with van der Waals surface area (Å²) in [6.07, 6.45) is 4.20. The zero-order chi connectivity index (χ0) is 14.7. The summed E-state index contributed by atoms with van der Waals surface area (Å²) < 4.78 is 0. The van der Waals surface area contributed by atoms with Crippen molar-refractivity contribution < 1.29 is 4.79 Å². The highest BCUT2D eigenvalue weighted by Gasteiger charge is 2.24. The average molecular weight is 288 g/mol. The lowest BCUT2D eigenvalue weighted by Gasteiger charge is -2.38. The Morgan fingerprint density at radius 1 is 1.43 bits per heavy atom. The average Bonchev–Trinajstić information content (AvgIpc) is 2.55. The zero-order valence-electron chi connectivity index (χ0n) is 12.7. The van der Waals surface area contributed by atoms with Gasteiger partial charge in [0.05, 0.1) is 0 Å². The molecule has 1 aromatic rings. The third-order valence-electron chi connectivity index (χ3n) is 4.48. The van der Waals surface area contributed by atoms with Gasteiger partial charge in [-0.2, -0.15) is 0 Å². The number of rotatable bonds is 4. The van der Waals surface area contributed by atoms with Gasteiger partial charge in [0.1, 0.15) is 5.82 Å². The topological polar surface area (TPSA) is 48.5 Å². The molecule has 0 aromatic carbocycles. The van der Waals surface area contributed by atoms with Gasteiger partial charge >= 0.3 is 0 Å². The lowest BCUT2D eigenvalue weighted by molar-refractivity contribution is -0.118. The number of carbonyl (C=O) groups is 1. The minimum Gasteiger partial charge on any atom is -0.351 e. The Bertz CT molecular complexity index is 503. The molecule has 21 heavy (non-hydrogen) atoms. The summed E-state index contributed by atoms with van der Waals surface area (Å²) in [5.41, 5.74) is 2.36. The van der Waals surface area contributed by atoms with Crippen molar-refractivity contribution in [3.8, 4) is 0 Å². The molecule has 0 bridgehead atoms. The molecule has 1 amide bonds. The summed E-state index contributed by atoms with van der Waals surface area (Å²) >= 11 is 0. The maximum absolute atomic E-state index is 10.9. The largest absolute Gasteiger partial charge is 0.351 e. The number of nitrogens with zero attached hydrogens (tertiary/aromatic N) is 3. The molecule has 114 valence electrons. The Hall–Kier alpha value is -1.62. The Balaban J connectivity index is 1.81. The SMILES string of the molecule is CCCC1CNCCN1c1ccc2c(n1)CCN(C=O)C2. The molecule has 0 aliphatic carbocycles. The van der Waals surface area contributed by atoms with Crippen molar-refractivity contribution >= 4 is 12.2 Å². The molecule has 3 heterocycles. The standard InChI is InChI=1S/C16H24N4O/c1-2-3-14-10-17-7-9-20(14)16-5-4-13-11-19(12-21)8-6-15(13)18-16/h4-5,12,14,17H,2-3,6-11H2,1H3. The van der Waals surface area contributed by atoms with Gasteiger partial charge in [-0.1, -0.05) is 19.4 Å². The second-order valence-electron chi connectivity index (χ2n) is 5.94. The summed E-state index contributed by atoms with van der Waals surface area (Å²) in [6, 6.07) is 4.82. The highest BCUT2D eigenvalue weighted by atomic mass is 16.1. The smallest absolute Gasteiger partial charge is 0.210 e. The lowest BCUT2D eigenvalue weighted by Crippen LogP contribution is -2.51. The number of pyridine rings is 1. The van der Waals surface area contributed by atoms with Crippen LogP contribution in [0.2, 0.25) is 0 Å². The summed E-state index contributed by atoms with van der Waals surface area (Å²) in [7, 11) is 0. The van der Waals surface area contributed by atoms with Crippen LogP contribution >= 0.6 is 0 Å². The third-order valence-corrected chi connectivity index (χ3v) is 4.48. The van der Waals surface area contributed by atoms with Gasteiger partial charge in [-0.25, -0.2) is 4.98 Å². The maximum atomic E-state index is 10.9. The molecular weight excluding hydrogens is 264 g/mol. The zero-order valence-corrected chi connectivity index (χ0v) is 12.7. The van der Waals surface area contributed by atoms with Gasteiger partial charge < -0.3 is 15.1 Å². The van der Waals surface area contributed by atoms with E-state index in [4.69, 9.17) is 4.98 Å². The molecule has 2 aliphatic heterocycles. The minimum atomic E-state index is 0.546. The van der Waals surface area contributed by atoms with Gasteiger partial charge in [-0.05, 0) is 18.1 Å². The van der Waals surface area contributed by atoms with Crippen molar-refractivity contribution in [3.63, 3.8) is 0 Å². The van der Waals surface area contributed by atoms with E-state index in [1.807, 2.05) is 4.90 Å². The lowest BCUT2D eigenvalue weighted by atomic mass is 10.0. The number of anilines is 1. The molecule has 1 fully saturated rings. The summed E-state index contributed by atoms with van der Waals surface area (Å²) in [6.45, 7) is 6.82. The molecule has 1 aromatic heterocycles. The second kappa shape index (κ2) is 6.43. The molecule has 0 radical (unpaired) electrons. The minimum absolute atomic E-state index is 0.546. The Labute approximate surface area is 126 Å². The van der Waals surface area contributed by atoms with Crippen molar-refractivity contribution in [1.29, 1.82) is 0 Å². The molecule has 2 aliphatic rings. The molecule has 1 saturated heterocycles. The fraction of sp³-hybridized carbons (Fsp3) is 0.625. The number of nitrogens with one attached hydrogen (secondary N) is 1. The normalized spacial score (nSPS) is 22.0. The van der Waals surface area contributed by atoms with Crippen LogP contribution in [0, 0.1) is 0 Å². The maximum Gasteiger partial charge on any atom is 0.210 e. The molecule has 1 unspecified atom stereocenters. The predicted molar refractivity (Wildman–Crippen MR) is 83.3 cm³/mol. The van der Waals surface area contributed by atoms with Gasteiger partial charge in [-0.3, -0.25) is 4.79 Å². The molecule has 5 nitrogen and oxygen atoms in total. The van der Waals surface area contributed by atoms with Crippen LogP contribution in [0.15, 0.2) is 12.1 Å². The van der Waals surface area contributed by atoms with Crippen LogP contribution in [-0.2, 0) is 17.8 Å². The Kier molecular flexibility index (Phi) is 4.39. The number of hydrogen-bond acceptors (Lipinski definition) is 4. The van der Waals surface area contributed by atoms with Crippen molar-refractivity contribution in [2.24, 2.45) is 0 Å². The van der Waals surface area contributed by atoms with Gasteiger partial charge in [0, 0.05) is 50.9 Å². The van der Waals surface area contributed by atoms with Crippen LogP contribution in [0.4, 0.5) is 5.82 Å². The van der Waals surface area contributed by atoms with Crippen LogP contribution in [0.25, 0.3) is 0 Å². The molecular formula is C16H24N4O. The van der Waals surface area contributed by atoms with E-state index in [9.17, 15) is 4.79 Å². The fourth-order valence-electron chi connectivity index (χ4n) is 3.33. The quantitative estimate of drug-likeness (QED) is 0.845. The molecule has 3 rings (SSSR count). The molecule has 5 heteroatoms. The number of hydrogen-bond donors (Lipinski definition) is 1. The van der Waals surface area contributed by atoms with E-state index in [2.05, 4.69) is 29.3 Å². The first-order valence-corrected chi connectivity index (χ1v) is 7.97. The summed E-state index contributed by atoms with van der Waals surface area (Å²) in [5, 5.41) is 3.48. The fourth-order valence-corrected chi connectivity index (χ4v) is 3.33. The second-order valence-corrected chi connectivity index (χ2v) is 5.94. The van der Waals surface area contributed by atoms with E-state index >= 15 is 0 Å². The van der Waals surface area contributed by atoms with Crippen molar-refractivity contribution in [2.45, 2.75) is 38.8 Å². The van der Waals surface area contributed by atoms with E-state index in [-0.39, 0.29) is 0 Å². The van der Waals surface area contributed by atoms with Crippen LogP contribution in [0.5, 0.6) is 0 Å². The van der Waals surface area contributed by atoms with Crippen LogP contribution in [-0.4, -0.2) is 48.5 Å². The van der Waals surface area contributed by atoms with E-state index < -0.39 is 0 Å². The van der Waals surface area contributed by atoms with Crippen LogP contribution in [0.1, 0.15) is 31.0 Å². The highest BCUT2D eigenvalue weighted by molar-refractivity contribution is 5.50. The molecule has 0 spiro atoms. The monoisotopic (exact) mass is 288 g/mol. The molecule has 1 atom stereocenters. The van der Waals surface area contributed by atoms with Crippen LogP contribution in [0.3, 0.4) is 0 Å². The number of aromatic nitrogens is 1. The van der Waals surface area contributed by atoms with E-state index in [0.29, 0.717) is 12.6 Å². The number of fused-ring (bicyclic) bond motifs is 1. The molecule has 0 saturated carbocycles. The summed E-state index contributed by atoms with van der Waals surface area (Å²) in [5.74, 6) is 1.10. The molecule has 1 N–H and O–H groups in total. The van der Waals surface area contributed by atoms with Gasteiger partial charge in [-0.15, -0.1) is 0 Å². The summed E-state index contributed by atoms with van der Waals surface area (Å²) in [4.78, 5) is 20.0. The number of amides is 1. The van der Waals surface area contributed by atoms with Crippen molar-refractivity contribution in [3.05, 3.63) is 23.4 Å². The van der Waals surface area contributed by atoms with Crippen LogP contribution < -0.4 is 10.2 Å². The van der Waals surface area contributed by atoms with E-state index in [1.54, 1.807) is 0 Å². The van der Waals surface area contributed by atoms with Gasteiger partial charge in [0.2, 0.25) is 6.41 Å². The van der Waals surface area contributed by atoms with Crippen molar-refractivity contribution in [1.82, 2.24) is 15.2 Å². The van der Waals surface area contributed by atoms with E-state index in [0.717, 1.165) is 44.8 Å². The first-order chi connectivity index (χ1) is 10.3. The third kappa shape index (κ3) is 3.02. The van der Waals surface area contributed by atoms with Crippen molar-refractivity contribution in [2.75, 3.05) is 31.1 Å². The predicted octanol–water partition coefficient (Wildman–Crippen LogP) is 1.17. The highest BCUT2D eigenvalue weighted by Crippen LogP contribution is 2.23. The first kappa shape index (κ1) is 14.3. The number of carbonyl (C=O) groups excluding carboxylic acids is 1. The number of piperazine rings is 1. The Morgan fingerprint density at radius 3 is 3.14 bits per heavy atom. The van der Waals surface area contributed by atoms with E-state index in [1.165, 1.54) is 24.1 Å². The first-order valence-electron chi connectivity index (χ1n) is 7.97. The Morgan fingerprint density at radius 2 is 2.33 bits per heavy atom.